The van der Waals surface area contributed by atoms with Crippen molar-refractivity contribution in [1.82, 2.24) is 0 Å². The van der Waals surface area contributed by atoms with Gasteiger partial charge in [0.2, 0.25) is 0 Å². The molecule has 6 nitrogen and oxygen atoms in total. The average Bonchev–Trinajstić information content (AvgIpc) is 3.06. The molecule has 0 aliphatic rings. The Morgan fingerprint density at radius 1 is 0.438 bits per heavy atom. The van der Waals surface area contributed by atoms with Crippen LogP contribution >= 0.6 is 0 Å². The SMILES string of the molecule is CCCCCCCCCC(=O)O[C@H](COC(=O)CCCCCCCCCCCCC(C)CC)COC(=O)CCCCCCCCC(C)C. The molecule has 0 saturated carbocycles. The quantitative estimate of drug-likeness (QED) is 0.0372. The van der Waals surface area contributed by atoms with Gasteiger partial charge in [-0.25, -0.2) is 0 Å². The van der Waals surface area contributed by atoms with E-state index in [4.69, 9.17) is 14.2 Å². The third-order valence-corrected chi connectivity index (χ3v) is 9.58. The number of carbonyl (C=O) groups excluding carboxylic acids is 3. The summed E-state index contributed by atoms with van der Waals surface area (Å²) >= 11 is 0. The topological polar surface area (TPSA) is 78.9 Å². The number of carbonyl (C=O) groups is 3. The Morgan fingerprint density at radius 2 is 0.792 bits per heavy atom. The van der Waals surface area contributed by atoms with Crippen molar-refractivity contribution in [1.29, 1.82) is 0 Å². The van der Waals surface area contributed by atoms with Crippen molar-refractivity contribution in [2.75, 3.05) is 13.2 Å². The van der Waals surface area contributed by atoms with Gasteiger partial charge in [-0.3, -0.25) is 14.4 Å². The Hall–Kier alpha value is -1.59. The van der Waals surface area contributed by atoms with Gasteiger partial charge in [0.15, 0.2) is 6.10 Å². The lowest BCUT2D eigenvalue weighted by atomic mass is 9.99. The van der Waals surface area contributed by atoms with Crippen molar-refractivity contribution >= 4 is 17.9 Å². The Kier molecular flexibility index (Phi) is 34.1. The van der Waals surface area contributed by atoms with E-state index < -0.39 is 6.10 Å². The minimum atomic E-state index is -0.758. The maximum Gasteiger partial charge on any atom is 0.306 e. The maximum atomic E-state index is 12.6. The van der Waals surface area contributed by atoms with Crippen LogP contribution in [-0.2, 0) is 28.6 Å². The predicted molar refractivity (Wildman–Crippen MR) is 201 cm³/mol. The summed E-state index contributed by atoms with van der Waals surface area (Å²) in [5, 5.41) is 0. The summed E-state index contributed by atoms with van der Waals surface area (Å²) in [5.41, 5.74) is 0. The van der Waals surface area contributed by atoms with E-state index >= 15 is 0 Å². The molecule has 0 amide bonds. The van der Waals surface area contributed by atoms with Crippen molar-refractivity contribution in [3.8, 4) is 0 Å². The minimum Gasteiger partial charge on any atom is -0.462 e. The predicted octanol–water partition coefficient (Wildman–Crippen LogP) is 12.6. The van der Waals surface area contributed by atoms with Gasteiger partial charge in [-0.1, -0.05) is 182 Å². The molecule has 0 bridgehead atoms. The molecule has 0 fully saturated rings. The molecule has 0 saturated heterocycles. The van der Waals surface area contributed by atoms with E-state index in [1.807, 2.05) is 0 Å². The van der Waals surface area contributed by atoms with Gasteiger partial charge in [-0.05, 0) is 31.1 Å². The first-order valence-corrected chi connectivity index (χ1v) is 20.8. The van der Waals surface area contributed by atoms with Crippen molar-refractivity contribution in [2.45, 2.75) is 227 Å². The lowest BCUT2D eigenvalue weighted by Crippen LogP contribution is -2.30. The molecule has 0 heterocycles. The zero-order chi connectivity index (χ0) is 35.5. The average molecular weight is 681 g/mol. The van der Waals surface area contributed by atoms with Gasteiger partial charge < -0.3 is 14.2 Å². The van der Waals surface area contributed by atoms with Gasteiger partial charge in [-0.15, -0.1) is 0 Å². The van der Waals surface area contributed by atoms with Gasteiger partial charge in [0, 0.05) is 19.3 Å². The fourth-order valence-electron chi connectivity index (χ4n) is 6.01. The van der Waals surface area contributed by atoms with Crippen molar-refractivity contribution in [2.24, 2.45) is 11.8 Å². The lowest BCUT2D eigenvalue weighted by molar-refractivity contribution is -0.167. The summed E-state index contributed by atoms with van der Waals surface area (Å²) in [6, 6.07) is 0. The zero-order valence-electron chi connectivity index (χ0n) is 32.6. The van der Waals surface area contributed by atoms with Crippen molar-refractivity contribution in [3.63, 3.8) is 0 Å². The number of hydrogen-bond acceptors (Lipinski definition) is 6. The molecule has 0 N–H and O–H groups in total. The van der Waals surface area contributed by atoms with E-state index in [-0.39, 0.29) is 31.1 Å². The number of ether oxygens (including phenoxy) is 3. The van der Waals surface area contributed by atoms with Crippen LogP contribution in [0.15, 0.2) is 0 Å². The highest BCUT2D eigenvalue weighted by Gasteiger charge is 2.19. The van der Waals surface area contributed by atoms with Crippen LogP contribution in [-0.4, -0.2) is 37.2 Å². The third-order valence-electron chi connectivity index (χ3n) is 9.58. The first-order chi connectivity index (χ1) is 23.3. The highest BCUT2D eigenvalue weighted by molar-refractivity contribution is 5.71. The normalized spacial score (nSPS) is 12.6. The number of rotatable bonds is 36. The van der Waals surface area contributed by atoms with E-state index in [1.165, 1.54) is 109 Å². The molecule has 0 aliphatic carbocycles. The van der Waals surface area contributed by atoms with Crippen LogP contribution in [0.1, 0.15) is 221 Å². The fraction of sp³-hybridized carbons (Fsp3) is 0.929. The molecule has 0 aromatic heterocycles. The highest BCUT2D eigenvalue weighted by atomic mass is 16.6. The van der Waals surface area contributed by atoms with E-state index in [9.17, 15) is 14.4 Å². The number of esters is 3. The summed E-state index contributed by atoms with van der Waals surface area (Å²) in [6.07, 6.45) is 31.0. The standard InChI is InChI=1S/C42H80O6/c1-6-8-9-10-15-24-29-34-42(45)48-39(36-47-41(44)33-28-23-19-18-20-25-30-37(3)4)35-46-40(43)32-27-22-17-14-12-11-13-16-21-26-31-38(5)7-2/h37-39H,6-36H2,1-5H3/t38?,39-/m1/s1. The maximum absolute atomic E-state index is 12.6. The smallest absolute Gasteiger partial charge is 0.306 e. The Balaban J connectivity index is 4.27. The molecule has 2 atom stereocenters. The van der Waals surface area contributed by atoms with Gasteiger partial charge >= 0.3 is 17.9 Å². The number of unbranched alkanes of at least 4 members (excludes halogenated alkanes) is 20. The molecule has 0 rings (SSSR count). The fourth-order valence-corrected chi connectivity index (χ4v) is 6.01. The molecular weight excluding hydrogens is 600 g/mol. The van der Waals surface area contributed by atoms with Crippen LogP contribution in [0.5, 0.6) is 0 Å². The first kappa shape index (κ1) is 46.4. The lowest BCUT2D eigenvalue weighted by Gasteiger charge is -2.18. The van der Waals surface area contributed by atoms with Crippen LogP contribution in [0.4, 0.5) is 0 Å². The summed E-state index contributed by atoms with van der Waals surface area (Å²) in [4.78, 5) is 37.4. The van der Waals surface area contributed by atoms with Crippen LogP contribution in [0.25, 0.3) is 0 Å². The molecule has 0 aliphatic heterocycles. The summed E-state index contributed by atoms with van der Waals surface area (Å²) in [7, 11) is 0. The van der Waals surface area contributed by atoms with Crippen LogP contribution in [0, 0.1) is 11.8 Å². The molecule has 6 heteroatoms. The Labute approximate surface area is 298 Å². The van der Waals surface area contributed by atoms with Crippen LogP contribution in [0.2, 0.25) is 0 Å². The second kappa shape index (κ2) is 35.2. The Morgan fingerprint density at radius 3 is 1.19 bits per heavy atom. The molecule has 0 radical (unpaired) electrons. The van der Waals surface area contributed by atoms with Crippen molar-refractivity contribution in [3.05, 3.63) is 0 Å². The highest BCUT2D eigenvalue weighted by Crippen LogP contribution is 2.16. The van der Waals surface area contributed by atoms with Crippen LogP contribution < -0.4 is 0 Å². The summed E-state index contributed by atoms with van der Waals surface area (Å²) in [6.45, 7) is 11.2. The summed E-state index contributed by atoms with van der Waals surface area (Å²) in [5.74, 6) is 0.759. The minimum absolute atomic E-state index is 0.0669. The van der Waals surface area contributed by atoms with Gasteiger partial charge in [-0.2, -0.15) is 0 Å². The van der Waals surface area contributed by atoms with E-state index in [0.29, 0.717) is 19.3 Å². The molecule has 0 aromatic rings. The number of hydrogen-bond donors (Lipinski definition) is 0. The molecule has 1 unspecified atom stereocenters. The largest absolute Gasteiger partial charge is 0.462 e. The molecule has 284 valence electrons. The summed E-state index contributed by atoms with van der Waals surface area (Å²) < 4.78 is 16.6. The molecule has 0 spiro atoms. The third kappa shape index (κ3) is 34.3. The van der Waals surface area contributed by atoms with Gasteiger partial charge in [0.05, 0.1) is 0 Å². The second-order valence-corrected chi connectivity index (χ2v) is 15.0. The Bertz CT molecular complexity index is 736. The van der Waals surface area contributed by atoms with E-state index in [0.717, 1.165) is 69.6 Å². The molecule has 48 heavy (non-hydrogen) atoms. The second-order valence-electron chi connectivity index (χ2n) is 15.0. The first-order valence-electron chi connectivity index (χ1n) is 20.8. The monoisotopic (exact) mass is 681 g/mol. The van der Waals surface area contributed by atoms with Gasteiger partial charge in [0.1, 0.15) is 13.2 Å². The van der Waals surface area contributed by atoms with Gasteiger partial charge in [0.25, 0.3) is 0 Å². The van der Waals surface area contributed by atoms with E-state index in [2.05, 4.69) is 34.6 Å². The molecular formula is C42H80O6. The van der Waals surface area contributed by atoms with Crippen molar-refractivity contribution < 1.29 is 28.6 Å². The van der Waals surface area contributed by atoms with E-state index in [1.54, 1.807) is 0 Å². The molecule has 0 aromatic carbocycles. The van der Waals surface area contributed by atoms with Crippen LogP contribution in [0.3, 0.4) is 0 Å². The zero-order valence-corrected chi connectivity index (χ0v) is 32.6.